The zero-order valence-corrected chi connectivity index (χ0v) is 13.4. The second kappa shape index (κ2) is 6.78. The lowest BCUT2D eigenvalue weighted by molar-refractivity contribution is 0.391. The highest BCUT2D eigenvalue weighted by molar-refractivity contribution is 14.1. The first kappa shape index (κ1) is 14.9. The summed E-state index contributed by atoms with van der Waals surface area (Å²) in [5.41, 5.74) is 1.90. The molecule has 2 aromatic rings. The highest BCUT2D eigenvalue weighted by Crippen LogP contribution is 2.26. The predicted molar refractivity (Wildman–Crippen MR) is 86.0 cm³/mol. The van der Waals surface area contributed by atoms with Crippen LogP contribution < -0.4 is 14.8 Å². The van der Waals surface area contributed by atoms with Gasteiger partial charge in [0.1, 0.15) is 17.3 Å². The van der Waals surface area contributed by atoms with Crippen molar-refractivity contribution < 1.29 is 13.9 Å². The fraction of sp³-hybridized carbons (Fsp3) is 0.200. The molecule has 0 bridgehead atoms. The molecule has 0 amide bonds. The molecule has 20 heavy (non-hydrogen) atoms. The largest absolute Gasteiger partial charge is 0.497 e. The monoisotopic (exact) mass is 387 g/mol. The van der Waals surface area contributed by atoms with Crippen molar-refractivity contribution in [1.82, 2.24) is 0 Å². The molecule has 3 nitrogen and oxygen atoms in total. The Kier molecular flexibility index (Phi) is 5.05. The van der Waals surface area contributed by atoms with Crippen LogP contribution in [0.1, 0.15) is 5.56 Å². The zero-order chi connectivity index (χ0) is 14.5. The van der Waals surface area contributed by atoms with Crippen molar-refractivity contribution in [2.75, 3.05) is 19.5 Å². The number of ether oxygens (including phenoxy) is 2. The van der Waals surface area contributed by atoms with Gasteiger partial charge in [-0.25, -0.2) is 4.39 Å². The standard InChI is InChI=1S/C15H15FINO2/c1-19-12-5-3-10(15(8-12)20-2)9-18-14-6-4-11(16)7-13(14)17/h3-8,18H,9H2,1-2H3. The van der Waals surface area contributed by atoms with E-state index in [0.717, 1.165) is 26.3 Å². The van der Waals surface area contributed by atoms with Crippen LogP contribution in [0.2, 0.25) is 0 Å². The van der Waals surface area contributed by atoms with Crippen LogP contribution in [-0.2, 0) is 6.54 Å². The van der Waals surface area contributed by atoms with Gasteiger partial charge in [-0.15, -0.1) is 0 Å². The first-order valence-corrected chi connectivity index (χ1v) is 7.11. The summed E-state index contributed by atoms with van der Waals surface area (Å²) in [6.45, 7) is 0.592. The SMILES string of the molecule is COc1ccc(CNc2ccc(F)cc2I)c(OC)c1. The first-order valence-electron chi connectivity index (χ1n) is 6.04. The van der Waals surface area contributed by atoms with Crippen molar-refractivity contribution >= 4 is 28.3 Å². The highest BCUT2D eigenvalue weighted by Gasteiger charge is 2.06. The highest BCUT2D eigenvalue weighted by atomic mass is 127. The van der Waals surface area contributed by atoms with Crippen LogP contribution in [0.25, 0.3) is 0 Å². The van der Waals surface area contributed by atoms with Gasteiger partial charge in [-0.1, -0.05) is 0 Å². The van der Waals surface area contributed by atoms with Crippen LogP contribution in [0.3, 0.4) is 0 Å². The maximum Gasteiger partial charge on any atom is 0.127 e. The van der Waals surface area contributed by atoms with E-state index in [1.54, 1.807) is 20.3 Å². The number of nitrogens with one attached hydrogen (secondary N) is 1. The van der Waals surface area contributed by atoms with Gasteiger partial charge in [0.25, 0.3) is 0 Å². The number of halogens is 2. The maximum atomic E-state index is 13.0. The van der Waals surface area contributed by atoms with Crippen molar-refractivity contribution in [2.24, 2.45) is 0 Å². The van der Waals surface area contributed by atoms with E-state index < -0.39 is 0 Å². The Morgan fingerprint density at radius 3 is 2.55 bits per heavy atom. The van der Waals surface area contributed by atoms with E-state index in [2.05, 4.69) is 27.9 Å². The maximum absolute atomic E-state index is 13.0. The van der Waals surface area contributed by atoms with Crippen LogP contribution in [0.4, 0.5) is 10.1 Å². The van der Waals surface area contributed by atoms with E-state index in [-0.39, 0.29) is 5.82 Å². The molecule has 2 aromatic carbocycles. The fourth-order valence-corrected chi connectivity index (χ4v) is 2.49. The zero-order valence-electron chi connectivity index (χ0n) is 11.2. The molecule has 0 saturated heterocycles. The molecule has 0 aliphatic rings. The Balaban J connectivity index is 2.14. The van der Waals surface area contributed by atoms with Crippen molar-refractivity contribution in [3.8, 4) is 11.5 Å². The first-order chi connectivity index (χ1) is 9.63. The topological polar surface area (TPSA) is 30.5 Å². The van der Waals surface area contributed by atoms with Crippen molar-refractivity contribution in [1.29, 1.82) is 0 Å². The molecule has 0 unspecified atom stereocenters. The van der Waals surface area contributed by atoms with Gasteiger partial charge < -0.3 is 14.8 Å². The smallest absolute Gasteiger partial charge is 0.127 e. The summed E-state index contributed by atoms with van der Waals surface area (Å²) in [5.74, 6) is 1.28. The second-order valence-electron chi connectivity index (χ2n) is 4.16. The molecule has 1 N–H and O–H groups in total. The quantitative estimate of drug-likeness (QED) is 0.786. The van der Waals surface area contributed by atoms with Crippen LogP contribution in [0, 0.1) is 9.39 Å². The number of benzene rings is 2. The minimum absolute atomic E-state index is 0.234. The molecule has 0 fully saturated rings. The average Bonchev–Trinajstić information content (AvgIpc) is 2.46. The number of methoxy groups -OCH3 is 2. The molecule has 0 heterocycles. The Bertz CT molecular complexity index is 604. The third-order valence-electron chi connectivity index (χ3n) is 2.89. The van der Waals surface area contributed by atoms with Crippen molar-refractivity contribution in [2.45, 2.75) is 6.54 Å². The Hall–Kier alpha value is -1.50. The van der Waals surface area contributed by atoms with Crippen LogP contribution in [0.5, 0.6) is 11.5 Å². The van der Waals surface area contributed by atoms with Crippen molar-refractivity contribution in [3.05, 3.63) is 51.3 Å². The summed E-state index contributed by atoms with van der Waals surface area (Å²) >= 11 is 2.10. The Labute approximate surface area is 131 Å². The average molecular weight is 387 g/mol. The molecule has 0 aliphatic heterocycles. The number of hydrogen-bond acceptors (Lipinski definition) is 3. The molecule has 106 valence electrons. The van der Waals surface area contributed by atoms with Gasteiger partial charge in [0, 0.05) is 27.4 Å². The summed E-state index contributed by atoms with van der Waals surface area (Å²) in [7, 11) is 3.24. The van der Waals surface area contributed by atoms with E-state index in [9.17, 15) is 4.39 Å². The predicted octanol–water partition coefficient (Wildman–Crippen LogP) is 4.06. The van der Waals surface area contributed by atoms with Gasteiger partial charge in [0.15, 0.2) is 0 Å². The van der Waals surface area contributed by atoms with Crippen LogP contribution >= 0.6 is 22.6 Å². The van der Waals surface area contributed by atoms with E-state index in [4.69, 9.17) is 9.47 Å². The summed E-state index contributed by atoms with van der Waals surface area (Å²) in [6, 6.07) is 10.3. The van der Waals surface area contributed by atoms with Gasteiger partial charge in [-0.2, -0.15) is 0 Å². The lowest BCUT2D eigenvalue weighted by Gasteiger charge is -2.13. The van der Waals surface area contributed by atoms with Crippen molar-refractivity contribution in [3.63, 3.8) is 0 Å². The van der Waals surface area contributed by atoms with E-state index in [0.29, 0.717) is 6.54 Å². The minimum Gasteiger partial charge on any atom is -0.497 e. The van der Waals surface area contributed by atoms with Gasteiger partial charge in [0.2, 0.25) is 0 Å². The minimum atomic E-state index is -0.234. The fourth-order valence-electron chi connectivity index (χ4n) is 1.82. The molecule has 0 aliphatic carbocycles. The van der Waals surface area contributed by atoms with E-state index in [1.807, 2.05) is 18.2 Å². The molecule has 0 spiro atoms. The normalized spacial score (nSPS) is 10.2. The number of hydrogen-bond donors (Lipinski definition) is 1. The Morgan fingerprint density at radius 1 is 1.10 bits per heavy atom. The molecule has 5 heteroatoms. The third kappa shape index (κ3) is 3.53. The molecule has 0 radical (unpaired) electrons. The lowest BCUT2D eigenvalue weighted by Crippen LogP contribution is -2.03. The summed E-state index contributed by atoms with van der Waals surface area (Å²) in [6.07, 6.45) is 0. The molecular formula is C15H15FINO2. The Morgan fingerprint density at radius 2 is 1.90 bits per heavy atom. The molecule has 0 aromatic heterocycles. The van der Waals surface area contributed by atoms with Gasteiger partial charge >= 0.3 is 0 Å². The van der Waals surface area contributed by atoms with E-state index >= 15 is 0 Å². The summed E-state index contributed by atoms with van der Waals surface area (Å²) < 4.78 is 24.4. The molecule has 2 rings (SSSR count). The summed E-state index contributed by atoms with van der Waals surface area (Å²) in [5, 5.41) is 3.27. The number of rotatable bonds is 5. The molecule has 0 saturated carbocycles. The van der Waals surface area contributed by atoms with Gasteiger partial charge in [-0.05, 0) is 52.9 Å². The number of anilines is 1. The van der Waals surface area contributed by atoms with Crippen LogP contribution in [0.15, 0.2) is 36.4 Å². The second-order valence-corrected chi connectivity index (χ2v) is 5.32. The third-order valence-corrected chi connectivity index (χ3v) is 3.79. The molecule has 0 atom stereocenters. The van der Waals surface area contributed by atoms with Crippen LogP contribution in [-0.4, -0.2) is 14.2 Å². The lowest BCUT2D eigenvalue weighted by atomic mass is 10.2. The van der Waals surface area contributed by atoms with E-state index in [1.165, 1.54) is 12.1 Å². The van der Waals surface area contributed by atoms with Gasteiger partial charge in [-0.3, -0.25) is 0 Å². The molecular weight excluding hydrogens is 372 g/mol. The summed E-state index contributed by atoms with van der Waals surface area (Å²) in [4.78, 5) is 0. The van der Waals surface area contributed by atoms with Gasteiger partial charge in [0.05, 0.1) is 14.2 Å².